The number of nitrogens with one attached hydrogen (secondary N) is 1. The Balaban J connectivity index is 1.62. The highest BCUT2D eigenvalue weighted by Crippen LogP contribution is 2.69. The Hall–Kier alpha value is -1.29. The summed E-state index contributed by atoms with van der Waals surface area (Å²) in [5, 5.41) is 1.30. The minimum absolute atomic E-state index is 0.107. The average molecular weight is 458 g/mol. The van der Waals surface area contributed by atoms with Gasteiger partial charge in [0.1, 0.15) is 0 Å². The van der Waals surface area contributed by atoms with E-state index in [1.807, 2.05) is 0 Å². The molecule has 31 heavy (non-hydrogen) atoms. The highest BCUT2D eigenvalue weighted by molar-refractivity contribution is 8.15. The molecule has 1 atom stereocenters. The Morgan fingerprint density at radius 1 is 1.00 bits per heavy atom. The standard InChI is InChI=1S/C25H36N3OPS/c1-25(2)18-22-24(23(19-25)27-16-10-5-11-17-27)30(31,29-21-14-8-4-9-15-21)28(26-22)20-12-6-3-7-13-20/h3,6-7,12-13,18,21,26H,4-5,8-11,14-17,19H2,1-2H3/t30-/m0/s1. The van der Waals surface area contributed by atoms with E-state index in [1.165, 1.54) is 55.2 Å². The van der Waals surface area contributed by atoms with Crippen molar-refractivity contribution in [3.05, 3.63) is 53.1 Å². The van der Waals surface area contributed by atoms with Crippen LogP contribution in [0.4, 0.5) is 5.69 Å². The normalized spacial score (nSPS) is 28.9. The van der Waals surface area contributed by atoms with Crippen LogP contribution in [0.15, 0.2) is 53.1 Å². The lowest BCUT2D eigenvalue weighted by Crippen LogP contribution is -2.34. The summed E-state index contributed by atoms with van der Waals surface area (Å²) in [6, 6.07) is 10.6. The fraction of sp³-hybridized carbons (Fsp3) is 0.600. The van der Waals surface area contributed by atoms with Gasteiger partial charge < -0.3 is 9.42 Å². The molecule has 1 aromatic rings. The van der Waals surface area contributed by atoms with Crippen LogP contribution in [0.5, 0.6) is 0 Å². The molecule has 0 bridgehead atoms. The summed E-state index contributed by atoms with van der Waals surface area (Å²) >= 11 is 6.60. The van der Waals surface area contributed by atoms with Crippen molar-refractivity contribution < 1.29 is 4.52 Å². The SMILES string of the molecule is CC1(C)C=C2NN(c3ccccc3)[P@](=S)(OC3CCCCC3)C2=C(N2CCCCC2)C1. The largest absolute Gasteiger partial charge is 0.374 e. The Morgan fingerprint density at radius 2 is 1.68 bits per heavy atom. The first-order chi connectivity index (χ1) is 15.0. The van der Waals surface area contributed by atoms with Gasteiger partial charge in [0.15, 0.2) is 0 Å². The van der Waals surface area contributed by atoms with E-state index in [9.17, 15) is 0 Å². The monoisotopic (exact) mass is 457 g/mol. The van der Waals surface area contributed by atoms with Crippen LogP contribution >= 0.6 is 6.42 Å². The maximum absolute atomic E-state index is 7.03. The molecule has 2 heterocycles. The lowest BCUT2D eigenvalue weighted by atomic mass is 9.82. The number of hydrogen-bond donors (Lipinski definition) is 1. The van der Waals surface area contributed by atoms with Crippen molar-refractivity contribution in [3.8, 4) is 0 Å². The van der Waals surface area contributed by atoms with Gasteiger partial charge in [-0.2, -0.15) is 0 Å². The summed E-state index contributed by atoms with van der Waals surface area (Å²) < 4.78 is 9.26. The van der Waals surface area contributed by atoms with Crippen molar-refractivity contribution in [2.45, 2.75) is 77.7 Å². The number of nitrogens with zero attached hydrogens (tertiary/aromatic N) is 2. The highest BCUT2D eigenvalue weighted by atomic mass is 32.4. The second-order valence-corrected chi connectivity index (χ2v) is 13.8. The van der Waals surface area contributed by atoms with E-state index in [-0.39, 0.29) is 11.5 Å². The molecule has 1 saturated carbocycles. The number of hydrogen-bond acceptors (Lipinski definition) is 4. The summed E-state index contributed by atoms with van der Waals surface area (Å²) in [5.41, 5.74) is 7.61. The van der Waals surface area contributed by atoms with Crippen molar-refractivity contribution in [1.29, 1.82) is 0 Å². The molecular formula is C25H36N3OPS. The van der Waals surface area contributed by atoms with E-state index in [2.05, 4.69) is 65.4 Å². The minimum Gasteiger partial charge on any atom is -0.374 e. The number of benzene rings is 1. The number of rotatable bonds is 4. The van der Waals surface area contributed by atoms with E-state index in [0.717, 1.165) is 38.0 Å². The van der Waals surface area contributed by atoms with Crippen molar-refractivity contribution in [2.24, 2.45) is 5.41 Å². The molecule has 4 nitrogen and oxygen atoms in total. The van der Waals surface area contributed by atoms with Gasteiger partial charge in [0.2, 0.25) is 6.42 Å². The molecule has 2 aliphatic heterocycles. The molecule has 0 aromatic heterocycles. The second kappa shape index (κ2) is 8.57. The third kappa shape index (κ3) is 4.21. The van der Waals surface area contributed by atoms with Crippen molar-refractivity contribution in [1.82, 2.24) is 10.3 Å². The first-order valence-corrected chi connectivity index (χ1v) is 14.8. The fourth-order valence-corrected chi connectivity index (χ4v) is 9.58. The summed E-state index contributed by atoms with van der Waals surface area (Å²) in [7, 11) is 0. The molecule has 0 radical (unpaired) electrons. The number of fused-ring (bicyclic) bond motifs is 1. The Kier molecular flexibility index (Phi) is 5.96. The zero-order chi connectivity index (χ0) is 21.5. The van der Waals surface area contributed by atoms with Crippen LogP contribution in [-0.4, -0.2) is 24.1 Å². The second-order valence-electron chi connectivity index (χ2n) is 10.2. The number of hydrazine groups is 1. The number of piperidine rings is 1. The molecule has 1 N–H and O–H groups in total. The number of para-hydroxylation sites is 1. The fourth-order valence-electron chi connectivity index (χ4n) is 5.54. The van der Waals surface area contributed by atoms with Gasteiger partial charge in [-0.3, -0.25) is 5.43 Å². The predicted molar refractivity (Wildman–Crippen MR) is 133 cm³/mol. The van der Waals surface area contributed by atoms with Gasteiger partial charge in [0.25, 0.3) is 0 Å². The molecule has 0 spiro atoms. The van der Waals surface area contributed by atoms with Crippen LogP contribution in [0.25, 0.3) is 0 Å². The summed E-state index contributed by atoms with van der Waals surface area (Å²) in [6.45, 7) is 6.98. The number of likely N-dealkylation sites (tertiary alicyclic amines) is 1. The summed E-state index contributed by atoms with van der Waals surface area (Å²) in [4.78, 5) is 2.63. The van der Waals surface area contributed by atoms with Crippen molar-refractivity contribution >= 4 is 23.9 Å². The van der Waals surface area contributed by atoms with Gasteiger partial charge >= 0.3 is 0 Å². The third-order valence-corrected chi connectivity index (χ3v) is 10.8. The molecule has 0 amide bonds. The number of anilines is 1. The van der Waals surface area contributed by atoms with Crippen LogP contribution in [0.3, 0.4) is 0 Å². The first kappa shape index (κ1) is 21.6. The smallest absolute Gasteiger partial charge is 0.208 e. The molecule has 6 heteroatoms. The van der Waals surface area contributed by atoms with Gasteiger partial charge in [0.05, 0.1) is 22.8 Å². The zero-order valence-electron chi connectivity index (χ0n) is 19.0. The molecule has 3 fully saturated rings. The third-order valence-electron chi connectivity index (χ3n) is 7.04. The van der Waals surface area contributed by atoms with Crippen molar-refractivity contribution in [2.75, 3.05) is 17.9 Å². The Morgan fingerprint density at radius 3 is 2.39 bits per heavy atom. The van der Waals surface area contributed by atoms with E-state index >= 15 is 0 Å². The maximum atomic E-state index is 7.03. The molecule has 168 valence electrons. The van der Waals surface area contributed by atoms with Gasteiger partial charge in [-0.25, -0.2) is 4.78 Å². The van der Waals surface area contributed by atoms with Crippen LogP contribution in [-0.2, 0) is 16.3 Å². The van der Waals surface area contributed by atoms with E-state index in [1.54, 1.807) is 0 Å². The van der Waals surface area contributed by atoms with E-state index in [4.69, 9.17) is 16.3 Å². The van der Waals surface area contributed by atoms with E-state index < -0.39 is 6.42 Å². The Bertz CT molecular complexity index is 914. The molecular weight excluding hydrogens is 421 g/mol. The van der Waals surface area contributed by atoms with Crippen LogP contribution in [0.2, 0.25) is 0 Å². The minimum atomic E-state index is -2.46. The molecule has 0 unspecified atom stereocenters. The van der Waals surface area contributed by atoms with Crippen LogP contribution in [0.1, 0.15) is 71.6 Å². The van der Waals surface area contributed by atoms with Gasteiger partial charge in [-0.1, -0.05) is 57.4 Å². The molecule has 2 saturated heterocycles. The van der Waals surface area contributed by atoms with Crippen molar-refractivity contribution in [3.63, 3.8) is 0 Å². The summed E-state index contributed by atoms with van der Waals surface area (Å²) in [5.74, 6) is 0. The Labute approximate surface area is 192 Å². The van der Waals surface area contributed by atoms with Gasteiger partial charge in [-0.15, -0.1) is 0 Å². The topological polar surface area (TPSA) is 27.7 Å². The lowest BCUT2D eigenvalue weighted by molar-refractivity contribution is 0.172. The van der Waals surface area contributed by atoms with Gasteiger partial charge in [0, 0.05) is 18.8 Å². The summed E-state index contributed by atoms with van der Waals surface area (Å²) in [6.07, 6.45) is 11.3. The predicted octanol–water partition coefficient (Wildman–Crippen LogP) is 6.68. The highest BCUT2D eigenvalue weighted by Gasteiger charge is 2.48. The number of allylic oxidation sites excluding steroid dienone is 3. The molecule has 1 aromatic carbocycles. The maximum Gasteiger partial charge on any atom is 0.208 e. The van der Waals surface area contributed by atoms with Crippen LogP contribution < -0.4 is 10.2 Å². The quantitative estimate of drug-likeness (QED) is 0.509. The van der Waals surface area contributed by atoms with Gasteiger partial charge in [-0.05, 0) is 67.9 Å². The lowest BCUT2D eigenvalue weighted by Gasteiger charge is -2.40. The molecule has 5 rings (SSSR count). The van der Waals surface area contributed by atoms with E-state index in [0.29, 0.717) is 0 Å². The molecule has 2 aliphatic carbocycles. The zero-order valence-corrected chi connectivity index (χ0v) is 20.7. The first-order valence-electron chi connectivity index (χ1n) is 12.1. The van der Waals surface area contributed by atoms with Crippen LogP contribution in [0, 0.1) is 5.41 Å². The average Bonchev–Trinajstić information content (AvgIpc) is 3.06. The molecule has 4 aliphatic rings.